The zero-order valence-electron chi connectivity index (χ0n) is 15.9. The fraction of sp³-hybridized carbons (Fsp3) is 0.389. The molecular formula is C18H16F3N5O3S. The van der Waals surface area contributed by atoms with E-state index in [9.17, 15) is 18.0 Å². The lowest BCUT2D eigenvalue weighted by Gasteiger charge is -2.16. The lowest BCUT2D eigenvalue weighted by atomic mass is 9.89. The van der Waals surface area contributed by atoms with E-state index in [1.807, 2.05) is 0 Å². The molecule has 0 fully saturated rings. The van der Waals surface area contributed by atoms with Crippen LogP contribution in [0, 0.1) is 17.2 Å². The molecule has 0 saturated heterocycles. The maximum absolute atomic E-state index is 13.5. The number of carbonyl (C=O) groups excluding carboxylic acids is 1. The zero-order valence-corrected chi connectivity index (χ0v) is 16.7. The molecule has 0 aromatic carbocycles. The fourth-order valence-electron chi connectivity index (χ4n) is 2.96. The molecule has 1 aliphatic rings. The van der Waals surface area contributed by atoms with Gasteiger partial charge >= 0.3 is 6.18 Å². The van der Waals surface area contributed by atoms with E-state index in [-0.39, 0.29) is 33.3 Å². The molecule has 0 saturated carbocycles. The molecule has 0 aliphatic heterocycles. The number of ether oxygens (including phenoxy) is 2. The molecule has 30 heavy (non-hydrogen) atoms. The number of halogens is 3. The number of rotatable bonds is 5. The Balaban J connectivity index is 1.95. The third kappa shape index (κ3) is 4.35. The van der Waals surface area contributed by atoms with E-state index in [1.165, 1.54) is 14.2 Å². The van der Waals surface area contributed by atoms with Gasteiger partial charge in [0.2, 0.25) is 11.8 Å². The summed E-state index contributed by atoms with van der Waals surface area (Å²) in [4.78, 5) is 23.8. The molecule has 12 heteroatoms. The smallest absolute Gasteiger partial charge is 0.434 e. The number of nitrogens with one attached hydrogen (secondary N) is 1. The number of allylic oxidation sites excluding steroid dienone is 2. The molecule has 2 aromatic heterocycles. The van der Waals surface area contributed by atoms with Crippen LogP contribution in [-0.2, 0) is 6.18 Å². The normalized spacial score (nSPS) is 16.4. The number of nitriles is 1. The molecule has 0 radical (unpaired) electrons. The van der Waals surface area contributed by atoms with E-state index in [0.717, 1.165) is 6.33 Å². The highest BCUT2D eigenvalue weighted by molar-refractivity contribution is 7.17. The number of amides is 1. The summed E-state index contributed by atoms with van der Waals surface area (Å²) in [5.74, 6) is -1.22. The molecule has 3 rings (SSSR count). The minimum Gasteiger partial charge on any atom is -0.480 e. The van der Waals surface area contributed by atoms with Gasteiger partial charge in [0.15, 0.2) is 16.4 Å². The average molecular weight is 439 g/mol. The van der Waals surface area contributed by atoms with Crippen molar-refractivity contribution >= 4 is 27.9 Å². The second kappa shape index (κ2) is 8.66. The predicted octanol–water partition coefficient (Wildman–Crippen LogP) is 3.93. The van der Waals surface area contributed by atoms with Crippen molar-refractivity contribution in [2.24, 2.45) is 5.92 Å². The Bertz CT molecular complexity index is 1010. The third-order valence-corrected chi connectivity index (χ3v) is 5.44. The van der Waals surface area contributed by atoms with Crippen molar-refractivity contribution in [3.8, 4) is 17.8 Å². The number of methoxy groups -OCH3 is 2. The number of anilines is 1. The van der Waals surface area contributed by atoms with Crippen LogP contribution in [0.2, 0.25) is 0 Å². The first-order valence-corrected chi connectivity index (χ1v) is 9.51. The summed E-state index contributed by atoms with van der Waals surface area (Å²) < 4.78 is 50.7. The van der Waals surface area contributed by atoms with Crippen LogP contribution in [0.1, 0.15) is 40.2 Å². The molecule has 1 amide bonds. The molecule has 1 aliphatic carbocycles. The van der Waals surface area contributed by atoms with E-state index in [4.69, 9.17) is 14.7 Å². The summed E-state index contributed by atoms with van der Waals surface area (Å²) in [5, 5.41) is 11.1. The van der Waals surface area contributed by atoms with Crippen molar-refractivity contribution in [2.45, 2.75) is 25.4 Å². The molecular weight excluding hydrogens is 423 g/mol. The number of thiazole rings is 1. The molecule has 158 valence electrons. The largest absolute Gasteiger partial charge is 0.480 e. The van der Waals surface area contributed by atoms with Gasteiger partial charge in [0.05, 0.1) is 31.1 Å². The molecule has 1 atom stereocenters. The van der Waals surface area contributed by atoms with Crippen LogP contribution in [-0.4, -0.2) is 35.1 Å². The molecule has 1 unspecified atom stereocenters. The summed E-state index contributed by atoms with van der Waals surface area (Å²) in [6.07, 6.45) is -0.782. The van der Waals surface area contributed by atoms with Gasteiger partial charge in [0.1, 0.15) is 6.33 Å². The van der Waals surface area contributed by atoms with E-state index in [0.29, 0.717) is 36.2 Å². The molecule has 8 nitrogen and oxygen atoms in total. The van der Waals surface area contributed by atoms with Crippen LogP contribution >= 0.6 is 11.3 Å². The van der Waals surface area contributed by atoms with Crippen molar-refractivity contribution in [1.82, 2.24) is 15.0 Å². The van der Waals surface area contributed by atoms with Gasteiger partial charge in [-0.05, 0) is 24.8 Å². The first-order chi connectivity index (χ1) is 14.3. The quantitative estimate of drug-likeness (QED) is 0.752. The Morgan fingerprint density at radius 3 is 2.47 bits per heavy atom. The summed E-state index contributed by atoms with van der Waals surface area (Å²) in [6.45, 7) is 0. The summed E-state index contributed by atoms with van der Waals surface area (Å²) in [6, 6.07) is 2.12. The maximum atomic E-state index is 13.5. The van der Waals surface area contributed by atoms with Crippen molar-refractivity contribution in [1.29, 1.82) is 5.26 Å². The standard InChI is InChI=1S/C18H16F3N5O3S/c1-28-15-11(16(29-2)24-8-23-15)14(27)26-17-25-13(18(19,20)21)12(30-17)10-5-3-9(7-22)4-6-10/h5,8-9H,3-4,6H2,1-2H3,(H,25,26,27). The van der Waals surface area contributed by atoms with Gasteiger partial charge in [0, 0.05) is 0 Å². The lowest BCUT2D eigenvalue weighted by molar-refractivity contribution is -0.140. The SMILES string of the molecule is COc1ncnc(OC)c1C(=O)Nc1nc(C(F)(F)F)c(C2=CCC(C#N)CC2)s1. The minimum absolute atomic E-state index is 0.0718. The summed E-state index contributed by atoms with van der Waals surface area (Å²) in [5.41, 5.74) is -0.778. The van der Waals surface area contributed by atoms with E-state index < -0.39 is 17.8 Å². The summed E-state index contributed by atoms with van der Waals surface area (Å²) in [7, 11) is 2.57. The third-order valence-electron chi connectivity index (χ3n) is 4.39. The van der Waals surface area contributed by atoms with Gasteiger partial charge in [-0.2, -0.15) is 18.4 Å². The summed E-state index contributed by atoms with van der Waals surface area (Å²) >= 11 is 0.715. The second-order valence-electron chi connectivity index (χ2n) is 6.25. The topological polar surface area (TPSA) is 110 Å². The number of carbonyl (C=O) groups is 1. The highest BCUT2D eigenvalue weighted by atomic mass is 32.1. The van der Waals surface area contributed by atoms with Gasteiger partial charge in [-0.3, -0.25) is 10.1 Å². The number of alkyl halides is 3. The van der Waals surface area contributed by atoms with Crippen LogP contribution < -0.4 is 14.8 Å². The van der Waals surface area contributed by atoms with Crippen LogP contribution in [0.3, 0.4) is 0 Å². The Labute approximate surface area is 173 Å². The Hall–Kier alpha value is -3.20. The Morgan fingerprint density at radius 1 is 1.30 bits per heavy atom. The zero-order chi connectivity index (χ0) is 21.9. The Morgan fingerprint density at radius 2 is 1.97 bits per heavy atom. The van der Waals surface area contributed by atoms with Crippen LogP contribution in [0.4, 0.5) is 18.3 Å². The Kier molecular flexibility index (Phi) is 6.21. The molecule has 0 bridgehead atoms. The first kappa shape index (κ1) is 21.5. The second-order valence-corrected chi connectivity index (χ2v) is 7.24. The molecule has 2 aromatic rings. The fourth-order valence-corrected chi connectivity index (χ4v) is 4.01. The average Bonchev–Trinajstić information content (AvgIpc) is 3.17. The molecule has 0 spiro atoms. The van der Waals surface area contributed by atoms with Crippen molar-refractivity contribution in [3.05, 3.63) is 28.5 Å². The van der Waals surface area contributed by atoms with E-state index in [1.54, 1.807) is 6.08 Å². The molecule has 1 N–H and O–H groups in total. The van der Waals surface area contributed by atoms with Crippen LogP contribution in [0.15, 0.2) is 12.4 Å². The number of nitrogens with zero attached hydrogens (tertiary/aromatic N) is 4. The molecule has 2 heterocycles. The van der Waals surface area contributed by atoms with Crippen molar-refractivity contribution in [2.75, 3.05) is 19.5 Å². The van der Waals surface area contributed by atoms with E-state index in [2.05, 4.69) is 26.3 Å². The lowest BCUT2D eigenvalue weighted by Crippen LogP contribution is -2.16. The number of aromatic nitrogens is 3. The number of hydrogen-bond acceptors (Lipinski definition) is 8. The van der Waals surface area contributed by atoms with Gasteiger partial charge < -0.3 is 9.47 Å². The highest BCUT2D eigenvalue weighted by Gasteiger charge is 2.39. The minimum atomic E-state index is -4.70. The highest BCUT2D eigenvalue weighted by Crippen LogP contribution is 2.43. The van der Waals surface area contributed by atoms with E-state index >= 15 is 0 Å². The van der Waals surface area contributed by atoms with Crippen LogP contribution in [0.25, 0.3) is 5.57 Å². The van der Waals surface area contributed by atoms with Crippen molar-refractivity contribution < 1.29 is 27.4 Å². The van der Waals surface area contributed by atoms with Gasteiger partial charge in [-0.1, -0.05) is 17.4 Å². The van der Waals surface area contributed by atoms with Gasteiger partial charge in [-0.25, -0.2) is 15.0 Å². The first-order valence-electron chi connectivity index (χ1n) is 8.69. The number of hydrogen-bond donors (Lipinski definition) is 1. The predicted molar refractivity (Wildman–Crippen MR) is 101 cm³/mol. The van der Waals surface area contributed by atoms with Gasteiger partial charge in [0.25, 0.3) is 5.91 Å². The van der Waals surface area contributed by atoms with Gasteiger partial charge in [-0.15, -0.1) is 0 Å². The monoisotopic (exact) mass is 439 g/mol. The maximum Gasteiger partial charge on any atom is 0.434 e. The van der Waals surface area contributed by atoms with Crippen LogP contribution in [0.5, 0.6) is 11.8 Å². The van der Waals surface area contributed by atoms with Crippen molar-refractivity contribution in [3.63, 3.8) is 0 Å².